The Morgan fingerprint density at radius 1 is 1.63 bits per heavy atom. The molecule has 1 fully saturated rings. The SMILES string of the molecule is CC1(CNS(=O)(=O)c2cc(Br)cnc2Cl)CCCS1. The van der Waals surface area contributed by atoms with Crippen molar-refractivity contribution in [3.8, 4) is 0 Å². The average molecular weight is 386 g/mol. The van der Waals surface area contributed by atoms with E-state index in [0.29, 0.717) is 11.0 Å². The van der Waals surface area contributed by atoms with Gasteiger partial charge in [0.2, 0.25) is 10.0 Å². The van der Waals surface area contributed by atoms with E-state index < -0.39 is 10.0 Å². The van der Waals surface area contributed by atoms with Crippen molar-refractivity contribution in [2.45, 2.75) is 29.4 Å². The van der Waals surface area contributed by atoms with Crippen LogP contribution in [0.5, 0.6) is 0 Å². The molecule has 106 valence electrons. The topological polar surface area (TPSA) is 59.1 Å². The van der Waals surface area contributed by atoms with Crippen LogP contribution in [0.3, 0.4) is 0 Å². The number of rotatable bonds is 4. The van der Waals surface area contributed by atoms with Gasteiger partial charge in [-0.15, -0.1) is 0 Å². The first-order chi connectivity index (χ1) is 8.82. The van der Waals surface area contributed by atoms with Gasteiger partial charge in [0.05, 0.1) is 0 Å². The van der Waals surface area contributed by atoms with Gasteiger partial charge in [-0.2, -0.15) is 11.8 Å². The van der Waals surface area contributed by atoms with E-state index in [1.165, 1.54) is 12.3 Å². The first kappa shape index (κ1) is 15.6. The van der Waals surface area contributed by atoms with Gasteiger partial charge in [0.1, 0.15) is 10.0 Å². The molecule has 0 bridgehead atoms. The number of pyridine rings is 1. The summed E-state index contributed by atoms with van der Waals surface area (Å²) < 4.78 is 27.7. The average Bonchev–Trinajstić information content (AvgIpc) is 2.78. The van der Waals surface area contributed by atoms with Gasteiger partial charge in [-0.25, -0.2) is 18.1 Å². The molecule has 8 heteroatoms. The molecule has 1 aliphatic heterocycles. The smallest absolute Gasteiger partial charge is 0.242 e. The fourth-order valence-electron chi connectivity index (χ4n) is 1.89. The van der Waals surface area contributed by atoms with E-state index in [0.717, 1.165) is 18.6 Å². The quantitative estimate of drug-likeness (QED) is 0.809. The predicted octanol–water partition coefficient (Wildman–Crippen LogP) is 3.06. The van der Waals surface area contributed by atoms with E-state index in [2.05, 4.69) is 32.6 Å². The second-order valence-electron chi connectivity index (χ2n) is 4.67. The molecule has 1 aromatic heterocycles. The lowest BCUT2D eigenvalue weighted by atomic mass is 10.1. The van der Waals surface area contributed by atoms with E-state index in [1.54, 1.807) is 11.8 Å². The van der Waals surface area contributed by atoms with Gasteiger partial charge in [-0.05, 0) is 47.5 Å². The highest BCUT2D eigenvalue weighted by molar-refractivity contribution is 9.10. The zero-order chi connectivity index (χ0) is 14.1. The standard InChI is InChI=1S/C11H14BrClN2O2S2/c1-11(3-2-4-18-11)7-15-19(16,17)9-5-8(12)6-14-10(9)13/h5-6,15H,2-4,7H2,1H3. The minimum atomic E-state index is -3.63. The zero-order valence-electron chi connectivity index (χ0n) is 10.3. The lowest BCUT2D eigenvalue weighted by Gasteiger charge is -2.22. The number of aromatic nitrogens is 1. The summed E-state index contributed by atoms with van der Waals surface area (Å²) in [6, 6.07) is 1.46. The highest BCUT2D eigenvalue weighted by atomic mass is 79.9. The highest BCUT2D eigenvalue weighted by Gasteiger charge is 2.31. The summed E-state index contributed by atoms with van der Waals surface area (Å²) in [4.78, 5) is 3.85. The summed E-state index contributed by atoms with van der Waals surface area (Å²) in [5, 5.41) is -0.0140. The number of hydrogen-bond donors (Lipinski definition) is 1. The zero-order valence-corrected chi connectivity index (χ0v) is 14.3. The predicted molar refractivity (Wildman–Crippen MR) is 82.2 cm³/mol. The number of thioether (sulfide) groups is 1. The van der Waals surface area contributed by atoms with Crippen molar-refractivity contribution >= 4 is 49.3 Å². The molecule has 1 N–H and O–H groups in total. The van der Waals surface area contributed by atoms with Crippen molar-refractivity contribution in [3.05, 3.63) is 21.9 Å². The van der Waals surface area contributed by atoms with Crippen LogP contribution in [-0.4, -0.2) is 30.4 Å². The molecule has 0 radical (unpaired) electrons. The summed E-state index contributed by atoms with van der Waals surface area (Å²) >= 11 is 10.9. The molecule has 1 aromatic rings. The van der Waals surface area contributed by atoms with E-state index in [-0.39, 0.29) is 14.8 Å². The Kier molecular flexibility index (Phi) is 4.83. The molecule has 2 heterocycles. The largest absolute Gasteiger partial charge is 0.243 e. The Morgan fingerprint density at radius 2 is 2.37 bits per heavy atom. The Bertz CT molecular complexity index is 574. The third-order valence-corrected chi connectivity index (χ3v) is 6.80. The van der Waals surface area contributed by atoms with Crippen molar-refractivity contribution in [1.29, 1.82) is 0 Å². The molecule has 1 unspecified atom stereocenters. The summed E-state index contributed by atoms with van der Waals surface area (Å²) in [6.45, 7) is 2.48. The molecule has 19 heavy (non-hydrogen) atoms. The van der Waals surface area contributed by atoms with Gasteiger partial charge in [0.25, 0.3) is 0 Å². The maximum absolute atomic E-state index is 12.2. The molecule has 0 aromatic carbocycles. The van der Waals surface area contributed by atoms with E-state index in [9.17, 15) is 8.42 Å². The van der Waals surface area contributed by atoms with E-state index >= 15 is 0 Å². The van der Waals surface area contributed by atoms with Gasteiger partial charge in [0, 0.05) is 22.0 Å². The first-order valence-corrected chi connectivity index (χ1v) is 9.41. The fourth-order valence-corrected chi connectivity index (χ4v) is 5.34. The normalized spacial score (nSPS) is 23.7. The molecule has 2 rings (SSSR count). The Balaban J connectivity index is 2.16. The van der Waals surface area contributed by atoms with E-state index in [4.69, 9.17) is 11.6 Å². The van der Waals surface area contributed by atoms with Crippen molar-refractivity contribution in [2.75, 3.05) is 12.3 Å². The number of sulfonamides is 1. The maximum Gasteiger partial charge on any atom is 0.243 e. The van der Waals surface area contributed by atoms with Crippen molar-refractivity contribution < 1.29 is 8.42 Å². The van der Waals surface area contributed by atoms with Gasteiger partial charge in [0.15, 0.2) is 0 Å². The molecule has 1 aliphatic rings. The molecule has 0 saturated carbocycles. The monoisotopic (exact) mass is 384 g/mol. The lowest BCUT2D eigenvalue weighted by Crippen LogP contribution is -2.36. The van der Waals surface area contributed by atoms with Gasteiger partial charge < -0.3 is 0 Å². The van der Waals surface area contributed by atoms with Crippen LogP contribution in [0.1, 0.15) is 19.8 Å². The van der Waals surface area contributed by atoms with Crippen molar-refractivity contribution in [1.82, 2.24) is 9.71 Å². The first-order valence-electron chi connectivity index (χ1n) is 5.77. The fraction of sp³-hybridized carbons (Fsp3) is 0.545. The van der Waals surface area contributed by atoms with Crippen LogP contribution in [-0.2, 0) is 10.0 Å². The van der Waals surface area contributed by atoms with E-state index in [1.807, 2.05) is 0 Å². The number of halogens is 2. The summed E-state index contributed by atoms with van der Waals surface area (Å²) in [5.41, 5.74) is 0. The van der Waals surface area contributed by atoms with Gasteiger partial charge >= 0.3 is 0 Å². The second kappa shape index (κ2) is 5.89. The van der Waals surface area contributed by atoms with Crippen LogP contribution >= 0.6 is 39.3 Å². The molecule has 1 atom stereocenters. The minimum absolute atomic E-state index is 0.00939. The Hall–Kier alpha value is 0.180. The number of nitrogens with one attached hydrogen (secondary N) is 1. The van der Waals surface area contributed by atoms with Crippen LogP contribution in [0.4, 0.5) is 0 Å². The molecule has 4 nitrogen and oxygen atoms in total. The van der Waals surface area contributed by atoms with Crippen LogP contribution in [0.15, 0.2) is 21.6 Å². The van der Waals surface area contributed by atoms with Crippen molar-refractivity contribution in [3.63, 3.8) is 0 Å². The van der Waals surface area contributed by atoms with Crippen LogP contribution < -0.4 is 4.72 Å². The summed E-state index contributed by atoms with van der Waals surface area (Å²) in [7, 11) is -3.63. The third-order valence-electron chi connectivity index (χ3n) is 3.00. The molecule has 0 spiro atoms. The molecule has 0 amide bonds. The van der Waals surface area contributed by atoms with Gasteiger partial charge in [-0.3, -0.25) is 0 Å². The Labute approximate surface area is 130 Å². The van der Waals surface area contributed by atoms with Gasteiger partial charge in [-0.1, -0.05) is 11.6 Å². The second-order valence-corrected chi connectivity index (χ2v) is 9.36. The molecule has 0 aliphatic carbocycles. The van der Waals surface area contributed by atoms with Crippen molar-refractivity contribution in [2.24, 2.45) is 0 Å². The highest BCUT2D eigenvalue weighted by Crippen LogP contribution is 2.37. The molecule has 1 saturated heterocycles. The van der Waals surface area contributed by atoms with Crippen LogP contribution in [0.25, 0.3) is 0 Å². The van der Waals surface area contributed by atoms with Crippen LogP contribution in [0, 0.1) is 0 Å². The minimum Gasteiger partial charge on any atom is -0.242 e. The number of nitrogens with zero attached hydrogens (tertiary/aromatic N) is 1. The number of hydrogen-bond acceptors (Lipinski definition) is 4. The summed E-state index contributed by atoms with van der Waals surface area (Å²) in [6.07, 6.45) is 3.61. The molecular weight excluding hydrogens is 372 g/mol. The molecular formula is C11H14BrClN2O2S2. The lowest BCUT2D eigenvalue weighted by molar-refractivity contribution is 0.552. The third kappa shape index (κ3) is 3.85. The maximum atomic E-state index is 12.2. The van der Waals surface area contributed by atoms with Crippen LogP contribution in [0.2, 0.25) is 5.15 Å². The summed E-state index contributed by atoms with van der Waals surface area (Å²) in [5.74, 6) is 1.08. The Morgan fingerprint density at radius 3 is 3.00 bits per heavy atom.